The lowest BCUT2D eigenvalue weighted by molar-refractivity contribution is -0.222. The van der Waals surface area contributed by atoms with E-state index in [1.54, 1.807) is 11.0 Å². The molecule has 0 saturated carbocycles. The zero-order chi connectivity index (χ0) is 24.4. The summed E-state index contributed by atoms with van der Waals surface area (Å²) in [6.07, 6.45) is 1.60. The number of anilines is 1. The fraction of sp³-hybridized carbons (Fsp3) is 0.522. The maximum atomic E-state index is 14.6. The summed E-state index contributed by atoms with van der Waals surface area (Å²) in [7, 11) is 0. The number of halogens is 1. The third-order valence-corrected chi connectivity index (χ3v) is 4.82. The van der Waals surface area contributed by atoms with E-state index in [0.717, 1.165) is 6.20 Å². The third kappa shape index (κ3) is 6.59. The van der Waals surface area contributed by atoms with E-state index in [2.05, 4.69) is 5.32 Å². The maximum absolute atomic E-state index is 14.6. The van der Waals surface area contributed by atoms with Gasteiger partial charge in [0.1, 0.15) is 11.7 Å². The lowest BCUT2D eigenvalue weighted by Gasteiger charge is -2.33. The smallest absolute Gasteiger partial charge is 0.410 e. The van der Waals surface area contributed by atoms with E-state index in [1.165, 1.54) is 26.0 Å². The summed E-state index contributed by atoms with van der Waals surface area (Å²) in [4.78, 5) is 37.7. The van der Waals surface area contributed by atoms with Gasteiger partial charge in [0.25, 0.3) is 5.79 Å². The Morgan fingerprint density at radius 1 is 1.18 bits per heavy atom. The summed E-state index contributed by atoms with van der Waals surface area (Å²) < 4.78 is 35.7. The lowest BCUT2D eigenvalue weighted by atomic mass is 10.1. The second-order valence-electron chi connectivity index (χ2n) is 9.31. The molecule has 0 spiro atoms. The molecule has 0 unspecified atom stereocenters. The molecule has 0 bridgehead atoms. The van der Waals surface area contributed by atoms with E-state index >= 15 is 0 Å². The van der Waals surface area contributed by atoms with Crippen LogP contribution in [-0.2, 0) is 23.8 Å². The first kappa shape index (κ1) is 24.3. The molecule has 10 heteroatoms. The fourth-order valence-electron chi connectivity index (χ4n) is 3.28. The summed E-state index contributed by atoms with van der Waals surface area (Å²) in [6, 6.07) is 4.19. The molecule has 2 aliphatic rings. The van der Waals surface area contributed by atoms with Gasteiger partial charge in [0.2, 0.25) is 0 Å². The Kier molecular flexibility index (Phi) is 6.85. The van der Waals surface area contributed by atoms with Gasteiger partial charge in [0.05, 0.1) is 0 Å². The van der Waals surface area contributed by atoms with Gasteiger partial charge in [-0.1, -0.05) is 0 Å². The number of esters is 2. The summed E-state index contributed by atoms with van der Waals surface area (Å²) >= 11 is 0. The molecule has 0 aromatic heterocycles. The number of hydrogen-bond donors (Lipinski definition) is 1. The van der Waals surface area contributed by atoms with Crippen LogP contribution in [0.5, 0.6) is 5.75 Å². The molecule has 0 aliphatic carbocycles. The molecule has 2 saturated heterocycles. The Hall–Kier alpha value is -3.30. The summed E-state index contributed by atoms with van der Waals surface area (Å²) in [6.45, 7) is 9.24. The standard InChI is InChI=1S/C23H29FN2O7/c1-22(2,3)33-21(29)26-10-8-15(9-11-26)30-18-7-6-14(12-17(18)24)25-13-16-19(27)31-23(4,5)32-20(16)28/h6-7,12-13,15,25H,8-11H2,1-5H3. The van der Waals surface area contributed by atoms with Gasteiger partial charge in [0.15, 0.2) is 17.1 Å². The molecule has 180 valence electrons. The SMILES string of the molecule is CC(C)(C)OC(=O)N1CCC(Oc2ccc(NC=C3C(=O)OC(C)(C)OC3=O)cc2F)CC1. The van der Waals surface area contributed by atoms with E-state index in [-0.39, 0.29) is 23.5 Å². The van der Waals surface area contributed by atoms with Gasteiger partial charge in [0, 0.05) is 57.7 Å². The molecular formula is C23H29FN2O7. The van der Waals surface area contributed by atoms with Gasteiger partial charge in [-0.15, -0.1) is 0 Å². The van der Waals surface area contributed by atoms with E-state index in [1.807, 2.05) is 20.8 Å². The number of cyclic esters (lactones) is 2. The highest BCUT2D eigenvalue weighted by molar-refractivity contribution is 6.15. The number of nitrogens with one attached hydrogen (secondary N) is 1. The highest BCUT2D eigenvalue weighted by atomic mass is 19.1. The number of ether oxygens (including phenoxy) is 4. The topological polar surface area (TPSA) is 103 Å². The van der Waals surface area contributed by atoms with E-state index in [4.69, 9.17) is 18.9 Å². The van der Waals surface area contributed by atoms with Gasteiger partial charge < -0.3 is 29.2 Å². The monoisotopic (exact) mass is 464 g/mol. The number of piperidine rings is 1. The van der Waals surface area contributed by atoms with Gasteiger partial charge in [-0.25, -0.2) is 18.8 Å². The molecule has 2 heterocycles. The van der Waals surface area contributed by atoms with Crippen LogP contribution in [0.1, 0.15) is 47.5 Å². The third-order valence-electron chi connectivity index (χ3n) is 4.82. The normalized spacial score (nSPS) is 18.8. The predicted octanol–water partition coefficient (Wildman–Crippen LogP) is 3.74. The maximum Gasteiger partial charge on any atom is 0.410 e. The average molecular weight is 464 g/mol. The highest BCUT2D eigenvalue weighted by Gasteiger charge is 2.39. The molecule has 33 heavy (non-hydrogen) atoms. The molecular weight excluding hydrogens is 435 g/mol. The van der Waals surface area contributed by atoms with Crippen molar-refractivity contribution >= 4 is 23.7 Å². The first-order valence-electron chi connectivity index (χ1n) is 10.7. The zero-order valence-electron chi connectivity index (χ0n) is 19.4. The second kappa shape index (κ2) is 9.29. The van der Waals surface area contributed by atoms with Crippen molar-refractivity contribution in [3.8, 4) is 5.75 Å². The quantitative estimate of drug-likeness (QED) is 0.408. The minimum absolute atomic E-state index is 0.0714. The van der Waals surface area contributed by atoms with Crippen molar-refractivity contribution in [2.75, 3.05) is 18.4 Å². The summed E-state index contributed by atoms with van der Waals surface area (Å²) in [5, 5.41) is 2.69. The van der Waals surface area contributed by atoms with Crippen molar-refractivity contribution in [1.82, 2.24) is 4.90 Å². The predicted molar refractivity (Wildman–Crippen MR) is 116 cm³/mol. The minimum Gasteiger partial charge on any atom is -0.487 e. The van der Waals surface area contributed by atoms with Crippen molar-refractivity contribution in [3.63, 3.8) is 0 Å². The molecule has 1 N–H and O–H groups in total. The number of benzene rings is 1. The van der Waals surface area contributed by atoms with Crippen molar-refractivity contribution in [1.29, 1.82) is 0 Å². The van der Waals surface area contributed by atoms with Crippen LogP contribution in [0.4, 0.5) is 14.9 Å². The van der Waals surface area contributed by atoms with Crippen LogP contribution < -0.4 is 10.1 Å². The van der Waals surface area contributed by atoms with E-state index in [0.29, 0.717) is 31.6 Å². The van der Waals surface area contributed by atoms with Crippen molar-refractivity contribution in [2.45, 2.75) is 65.0 Å². The van der Waals surface area contributed by atoms with Crippen LogP contribution in [0.2, 0.25) is 0 Å². The Bertz CT molecular complexity index is 938. The Morgan fingerprint density at radius 2 is 1.79 bits per heavy atom. The number of likely N-dealkylation sites (tertiary alicyclic amines) is 1. The molecule has 0 atom stereocenters. The molecule has 2 aliphatic heterocycles. The second-order valence-corrected chi connectivity index (χ2v) is 9.31. The van der Waals surface area contributed by atoms with Crippen LogP contribution in [0, 0.1) is 5.82 Å². The van der Waals surface area contributed by atoms with Crippen LogP contribution in [0.25, 0.3) is 0 Å². The first-order chi connectivity index (χ1) is 15.3. The Morgan fingerprint density at radius 3 is 2.33 bits per heavy atom. The largest absolute Gasteiger partial charge is 0.487 e. The van der Waals surface area contributed by atoms with Gasteiger partial charge >= 0.3 is 18.0 Å². The lowest BCUT2D eigenvalue weighted by Crippen LogP contribution is -2.44. The molecule has 0 radical (unpaired) electrons. The van der Waals surface area contributed by atoms with Crippen LogP contribution >= 0.6 is 0 Å². The molecule has 1 aromatic rings. The number of carbonyl (C=O) groups excluding carboxylic acids is 3. The minimum atomic E-state index is -1.33. The Labute approximate surface area is 191 Å². The van der Waals surface area contributed by atoms with Crippen LogP contribution in [-0.4, -0.2) is 53.5 Å². The number of rotatable bonds is 4. The molecule has 9 nitrogen and oxygen atoms in total. The number of nitrogens with zero attached hydrogens (tertiary/aromatic N) is 1. The molecule has 1 amide bonds. The highest BCUT2D eigenvalue weighted by Crippen LogP contribution is 2.27. The van der Waals surface area contributed by atoms with Crippen LogP contribution in [0.3, 0.4) is 0 Å². The number of amides is 1. The molecule has 3 rings (SSSR count). The first-order valence-corrected chi connectivity index (χ1v) is 10.7. The number of hydrogen-bond acceptors (Lipinski definition) is 8. The summed E-state index contributed by atoms with van der Waals surface area (Å²) in [5.41, 5.74) is -0.586. The molecule has 1 aromatic carbocycles. The summed E-state index contributed by atoms with van der Waals surface area (Å²) in [5.74, 6) is -3.53. The van der Waals surface area contributed by atoms with Gasteiger partial charge in [-0.2, -0.15) is 0 Å². The molecule has 2 fully saturated rings. The fourth-order valence-corrected chi connectivity index (χ4v) is 3.28. The average Bonchev–Trinajstić information content (AvgIpc) is 2.67. The zero-order valence-corrected chi connectivity index (χ0v) is 19.4. The van der Waals surface area contributed by atoms with Crippen LogP contribution in [0.15, 0.2) is 30.0 Å². The van der Waals surface area contributed by atoms with Crippen molar-refractivity contribution < 1.29 is 37.7 Å². The van der Waals surface area contributed by atoms with Crippen molar-refractivity contribution in [3.05, 3.63) is 35.8 Å². The van der Waals surface area contributed by atoms with Gasteiger partial charge in [-0.05, 0) is 32.9 Å². The van der Waals surface area contributed by atoms with E-state index in [9.17, 15) is 18.8 Å². The Balaban J connectivity index is 1.55. The number of carbonyl (C=O) groups is 3. The van der Waals surface area contributed by atoms with Gasteiger partial charge in [-0.3, -0.25) is 0 Å². The van der Waals surface area contributed by atoms with E-state index < -0.39 is 29.1 Å². The van der Waals surface area contributed by atoms with Crippen molar-refractivity contribution in [2.24, 2.45) is 0 Å².